The third-order valence-electron chi connectivity index (χ3n) is 2.59. The van der Waals surface area contributed by atoms with Gasteiger partial charge in [0.15, 0.2) is 0 Å². The minimum atomic E-state index is -3.69. The minimum absolute atomic E-state index is 0.126. The van der Waals surface area contributed by atoms with Gasteiger partial charge in [-0.3, -0.25) is 4.79 Å². The largest absolute Gasteiger partial charge is 0.358 e. The number of rotatable bonds is 6. The van der Waals surface area contributed by atoms with Crippen LogP contribution in [0.15, 0.2) is 29.2 Å². The highest BCUT2D eigenvalue weighted by Crippen LogP contribution is 2.12. The van der Waals surface area contributed by atoms with Gasteiger partial charge < -0.3 is 5.32 Å². The number of likely N-dealkylation sites (N-methyl/N-ethyl adjacent to an activating group) is 1. The van der Waals surface area contributed by atoms with Crippen molar-refractivity contribution < 1.29 is 13.2 Å². The summed E-state index contributed by atoms with van der Waals surface area (Å²) in [4.78, 5) is 11.4. The van der Waals surface area contributed by atoms with E-state index in [1.165, 1.54) is 26.1 Å². The van der Waals surface area contributed by atoms with Crippen LogP contribution in [0.4, 0.5) is 0 Å². The molecule has 5 nitrogen and oxygen atoms in total. The Balaban J connectivity index is 2.85. The summed E-state index contributed by atoms with van der Waals surface area (Å²) >= 11 is 5.61. The first-order chi connectivity index (χ1) is 8.90. The van der Waals surface area contributed by atoms with Crippen LogP contribution in [-0.2, 0) is 21.2 Å². The Morgan fingerprint density at radius 2 is 1.89 bits per heavy atom. The predicted molar refractivity (Wildman–Crippen MR) is 74.7 cm³/mol. The average Bonchev–Trinajstić information content (AvgIpc) is 2.38. The van der Waals surface area contributed by atoms with Crippen molar-refractivity contribution in [2.24, 2.45) is 0 Å². The van der Waals surface area contributed by atoms with Gasteiger partial charge in [-0.1, -0.05) is 12.1 Å². The SMILES string of the molecule is CNC(=O)C(C)NS(=O)(=O)c1ccc(CCCl)cc1. The molecule has 0 bridgehead atoms. The molecule has 1 amide bonds. The lowest BCUT2D eigenvalue weighted by Crippen LogP contribution is -2.43. The second kappa shape index (κ2) is 6.88. The van der Waals surface area contributed by atoms with Gasteiger partial charge >= 0.3 is 0 Å². The van der Waals surface area contributed by atoms with E-state index < -0.39 is 16.1 Å². The number of carbonyl (C=O) groups excluding carboxylic acids is 1. The molecule has 106 valence electrons. The molecular formula is C12H17ClN2O3S. The highest BCUT2D eigenvalue weighted by Gasteiger charge is 2.20. The highest BCUT2D eigenvalue weighted by atomic mass is 35.5. The number of benzene rings is 1. The van der Waals surface area contributed by atoms with Crippen LogP contribution in [0, 0.1) is 0 Å². The van der Waals surface area contributed by atoms with E-state index >= 15 is 0 Å². The van der Waals surface area contributed by atoms with Crippen molar-refractivity contribution in [1.82, 2.24) is 10.0 Å². The highest BCUT2D eigenvalue weighted by molar-refractivity contribution is 7.89. The van der Waals surface area contributed by atoms with Gasteiger partial charge in [0.1, 0.15) is 0 Å². The Labute approximate surface area is 118 Å². The molecule has 0 aliphatic heterocycles. The standard InChI is InChI=1S/C12H17ClN2O3S/c1-9(12(16)14-2)15-19(17,18)11-5-3-10(4-6-11)7-8-13/h3-6,9,15H,7-8H2,1-2H3,(H,14,16). The molecule has 1 aromatic carbocycles. The molecule has 0 aliphatic carbocycles. The molecule has 1 unspecified atom stereocenters. The summed E-state index contributed by atoms with van der Waals surface area (Å²) in [5, 5.41) is 2.38. The Morgan fingerprint density at radius 3 is 2.37 bits per heavy atom. The van der Waals surface area contributed by atoms with Crippen molar-refractivity contribution in [1.29, 1.82) is 0 Å². The smallest absolute Gasteiger partial charge is 0.241 e. The van der Waals surface area contributed by atoms with Gasteiger partial charge in [0, 0.05) is 12.9 Å². The third-order valence-corrected chi connectivity index (χ3v) is 4.33. The van der Waals surface area contributed by atoms with Crippen LogP contribution in [0.1, 0.15) is 12.5 Å². The first-order valence-electron chi connectivity index (χ1n) is 5.79. The maximum Gasteiger partial charge on any atom is 0.241 e. The molecule has 0 radical (unpaired) electrons. The van der Waals surface area contributed by atoms with Gasteiger partial charge in [0.2, 0.25) is 15.9 Å². The van der Waals surface area contributed by atoms with Crippen molar-refractivity contribution in [3.63, 3.8) is 0 Å². The number of halogens is 1. The number of amides is 1. The van der Waals surface area contributed by atoms with Gasteiger partial charge in [-0.2, -0.15) is 4.72 Å². The van der Waals surface area contributed by atoms with Gasteiger partial charge in [0.25, 0.3) is 0 Å². The van der Waals surface area contributed by atoms with Gasteiger partial charge in [0.05, 0.1) is 10.9 Å². The van der Waals surface area contributed by atoms with Crippen molar-refractivity contribution in [2.45, 2.75) is 24.3 Å². The first-order valence-corrected chi connectivity index (χ1v) is 7.81. The van der Waals surface area contributed by atoms with Crippen LogP contribution in [0.2, 0.25) is 0 Å². The van der Waals surface area contributed by atoms with Gasteiger partial charge in [-0.25, -0.2) is 8.42 Å². The fraction of sp³-hybridized carbons (Fsp3) is 0.417. The molecule has 0 aromatic heterocycles. The summed E-state index contributed by atoms with van der Waals surface area (Å²) in [5.41, 5.74) is 0.966. The summed E-state index contributed by atoms with van der Waals surface area (Å²) < 4.78 is 26.3. The van der Waals surface area contributed by atoms with E-state index in [1.54, 1.807) is 12.1 Å². The number of hydrogen-bond donors (Lipinski definition) is 2. The summed E-state index contributed by atoms with van der Waals surface area (Å²) in [7, 11) is -2.24. The van der Waals surface area contributed by atoms with E-state index in [1.807, 2.05) is 0 Å². The third kappa shape index (κ3) is 4.49. The average molecular weight is 305 g/mol. The van der Waals surface area contributed by atoms with E-state index in [0.29, 0.717) is 12.3 Å². The second-order valence-corrected chi connectivity index (χ2v) is 6.13. The Kier molecular flexibility index (Phi) is 5.78. The molecule has 0 fully saturated rings. The van der Waals surface area contributed by atoms with Crippen molar-refractivity contribution in [3.05, 3.63) is 29.8 Å². The Hall–Kier alpha value is -1.11. The van der Waals surface area contributed by atoms with Crippen LogP contribution >= 0.6 is 11.6 Å². The van der Waals surface area contributed by atoms with Crippen molar-refractivity contribution in [3.8, 4) is 0 Å². The molecule has 1 aromatic rings. The normalized spacial score (nSPS) is 13.0. The van der Waals surface area contributed by atoms with E-state index in [9.17, 15) is 13.2 Å². The van der Waals surface area contributed by atoms with Crippen molar-refractivity contribution >= 4 is 27.5 Å². The van der Waals surface area contributed by atoms with Crippen LogP contribution in [0.5, 0.6) is 0 Å². The second-order valence-electron chi connectivity index (χ2n) is 4.04. The summed E-state index contributed by atoms with van der Waals surface area (Å²) in [6.45, 7) is 1.48. The molecule has 7 heteroatoms. The number of aryl methyl sites for hydroxylation is 1. The molecule has 0 spiro atoms. The van der Waals surface area contributed by atoms with Crippen LogP contribution in [-0.4, -0.2) is 33.3 Å². The molecule has 0 heterocycles. The minimum Gasteiger partial charge on any atom is -0.358 e. The summed E-state index contributed by atoms with van der Waals surface area (Å²) in [6, 6.07) is 5.60. The van der Waals surface area contributed by atoms with Crippen molar-refractivity contribution in [2.75, 3.05) is 12.9 Å². The van der Waals surface area contributed by atoms with E-state index in [2.05, 4.69) is 10.0 Å². The van der Waals surface area contributed by atoms with Gasteiger partial charge in [-0.15, -0.1) is 11.6 Å². The molecule has 19 heavy (non-hydrogen) atoms. The van der Waals surface area contributed by atoms with Crippen LogP contribution < -0.4 is 10.0 Å². The molecular weight excluding hydrogens is 288 g/mol. The molecule has 1 atom stereocenters. The zero-order chi connectivity index (χ0) is 14.5. The van der Waals surface area contributed by atoms with E-state index in [-0.39, 0.29) is 10.8 Å². The number of sulfonamides is 1. The quantitative estimate of drug-likeness (QED) is 0.766. The molecule has 1 rings (SSSR count). The molecule has 0 saturated carbocycles. The monoisotopic (exact) mass is 304 g/mol. The summed E-state index contributed by atoms with van der Waals surface area (Å²) in [6.07, 6.45) is 0.684. The van der Waals surface area contributed by atoms with Crippen LogP contribution in [0.25, 0.3) is 0 Å². The number of carbonyl (C=O) groups is 1. The lowest BCUT2D eigenvalue weighted by atomic mass is 10.2. The Morgan fingerprint density at radius 1 is 1.32 bits per heavy atom. The van der Waals surface area contributed by atoms with E-state index in [4.69, 9.17) is 11.6 Å². The first kappa shape index (κ1) is 15.9. The molecule has 0 aliphatic rings. The lowest BCUT2D eigenvalue weighted by molar-refractivity contribution is -0.121. The van der Waals surface area contributed by atoms with Gasteiger partial charge in [-0.05, 0) is 31.0 Å². The molecule has 0 saturated heterocycles. The number of hydrogen-bond acceptors (Lipinski definition) is 3. The number of alkyl halides is 1. The topological polar surface area (TPSA) is 75.3 Å². The zero-order valence-corrected chi connectivity index (χ0v) is 12.4. The predicted octanol–water partition coefficient (Wildman–Crippen LogP) is 0.881. The van der Waals surface area contributed by atoms with E-state index in [0.717, 1.165) is 5.56 Å². The Bertz CT molecular complexity index is 528. The zero-order valence-electron chi connectivity index (χ0n) is 10.8. The lowest BCUT2D eigenvalue weighted by Gasteiger charge is -2.13. The summed E-state index contributed by atoms with van der Waals surface area (Å²) in [5.74, 6) is 0.0975. The maximum absolute atomic E-state index is 12.0. The fourth-order valence-electron chi connectivity index (χ4n) is 1.52. The maximum atomic E-state index is 12.0. The molecule has 2 N–H and O–H groups in total. The fourth-order valence-corrected chi connectivity index (χ4v) is 2.94. The number of nitrogens with one attached hydrogen (secondary N) is 2. The van der Waals surface area contributed by atoms with Crippen LogP contribution in [0.3, 0.4) is 0 Å².